The Morgan fingerprint density at radius 1 is 1.32 bits per heavy atom. The smallest absolute Gasteiger partial charge is 0.243 e. The number of aryl methyl sites for hydroxylation is 1. The number of sulfonamides is 1. The number of hydrogen-bond donors (Lipinski definition) is 0. The number of rotatable bonds is 4. The van der Waals surface area contributed by atoms with Gasteiger partial charge in [0.15, 0.2) is 0 Å². The molecule has 2 heterocycles. The summed E-state index contributed by atoms with van der Waals surface area (Å²) in [6, 6.07) is 7.08. The van der Waals surface area contributed by atoms with E-state index in [2.05, 4.69) is 12.1 Å². The van der Waals surface area contributed by atoms with Crippen LogP contribution in [-0.2, 0) is 14.9 Å². The largest absolute Gasteiger partial charge is 0.395 e. The Morgan fingerprint density at radius 3 is 2.73 bits per heavy atom. The minimum atomic E-state index is -3.49. The van der Waals surface area contributed by atoms with Gasteiger partial charge in [0.05, 0.1) is 17.2 Å². The van der Waals surface area contributed by atoms with Gasteiger partial charge in [-0.1, -0.05) is 36.2 Å². The number of hydrogen-bond acceptors (Lipinski definition) is 4. The molecule has 120 valence electrons. The van der Waals surface area contributed by atoms with Crippen molar-refractivity contribution in [2.75, 3.05) is 13.2 Å². The Labute approximate surface area is 132 Å². The fourth-order valence-corrected chi connectivity index (χ4v) is 4.84. The molecule has 2 aliphatic heterocycles. The highest BCUT2D eigenvalue weighted by atomic mass is 32.2. The monoisotopic (exact) mass is 322 g/mol. The number of nitrogens with zero attached hydrogens (tertiary/aromatic N) is 2. The van der Waals surface area contributed by atoms with Crippen LogP contribution < -0.4 is 0 Å². The lowest BCUT2D eigenvalue weighted by molar-refractivity contribution is 0.144. The fourth-order valence-electron chi connectivity index (χ4n) is 3.20. The van der Waals surface area contributed by atoms with Crippen LogP contribution in [0.2, 0.25) is 0 Å². The van der Waals surface area contributed by atoms with Gasteiger partial charge in [-0.15, -0.1) is 0 Å². The van der Waals surface area contributed by atoms with Gasteiger partial charge in [-0.25, -0.2) is 8.42 Å². The summed E-state index contributed by atoms with van der Waals surface area (Å²) >= 11 is 0. The second-order valence-corrected chi connectivity index (χ2v) is 8.01. The van der Waals surface area contributed by atoms with Crippen molar-refractivity contribution in [1.82, 2.24) is 4.31 Å². The molecule has 0 N–H and O–H groups in total. The van der Waals surface area contributed by atoms with Crippen LogP contribution in [0.1, 0.15) is 31.7 Å². The van der Waals surface area contributed by atoms with Gasteiger partial charge in [-0.2, -0.15) is 4.31 Å². The predicted molar refractivity (Wildman–Crippen MR) is 85.3 cm³/mol. The number of fused-ring (bicyclic) bond motifs is 1. The molecule has 6 heteroatoms. The lowest BCUT2D eigenvalue weighted by Gasteiger charge is -2.36. The maximum Gasteiger partial charge on any atom is 0.243 e. The maximum atomic E-state index is 13.0. The number of oxime groups is 1. The zero-order valence-corrected chi connectivity index (χ0v) is 13.8. The minimum absolute atomic E-state index is 0.0296. The quantitative estimate of drug-likeness (QED) is 0.856. The maximum absolute atomic E-state index is 13.0. The van der Waals surface area contributed by atoms with Crippen molar-refractivity contribution < 1.29 is 13.3 Å². The molecule has 0 saturated carbocycles. The lowest BCUT2D eigenvalue weighted by atomic mass is 9.90. The average Bonchev–Trinajstić information content (AvgIpc) is 2.94. The first-order valence-corrected chi connectivity index (χ1v) is 9.23. The van der Waals surface area contributed by atoms with Crippen LogP contribution in [0.3, 0.4) is 0 Å². The zero-order chi connectivity index (χ0) is 15.7. The van der Waals surface area contributed by atoms with E-state index < -0.39 is 10.0 Å². The summed E-state index contributed by atoms with van der Waals surface area (Å²) in [4.78, 5) is 5.53. The Bertz CT molecular complexity index is 667. The van der Waals surface area contributed by atoms with Crippen LogP contribution in [-0.4, -0.2) is 37.6 Å². The van der Waals surface area contributed by atoms with Crippen molar-refractivity contribution >= 4 is 15.7 Å². The second kappa shape index (κ2) is 6.01. The molecule has 0 radical (unpaired) electrons. The molecule has 0 unspecified atom stereocenters. The molecule has 0 bridgehead atoms. The Kier molecular flexibility index (Phi) is 4.23. The molecule has 0 amide bonds. The van der Waals surface area contributed by atoms with Crippen molar-refractivity contribution in [3.63, 3.8) is 0 Å². The topological polar surface area (TPSA) is 59.0 Å². The first-order chi connectivity index (χ1) is 10.5. The summed E-state index contributed by atoms with van der Waals surface area (Å²) in [5.74, 6) is 0.279. The van der Waals surface area contributed by atoms with Crippen molar-refractivity contribution in [1.29, 1.82) is 0 Å². The van der Waals surface area contributed by atoms with E-state index in [9.17, 15) is 8.42 Å². The summed E-state index contributed by atoms with van der Waals surface area (Å²) in [6.07, 6.45) is 2.64. The van der Waals surface area contributed by atoms with Crippen LogP contribution in [0.15, 0.2) is 34.3 Å². The molecule has 0 spiro atoms. The van der Waals surface area contributed by atoms with Crippen molar-refractivity contribution in [3.05, 3.63) is 29.8 Å². The summed E-state index contributed by atoms with van der Waals surface area (Å²) in [7, 11) is -3.49. The van der Waals surface area contributed by atoms with Crippen molar-refractivity contribution in [2.45, 2.75) is 44.0 Å². The number of piperidine rings is 1. The highest BCUT2D eigenvalue weighted by molar-refractivity contribution is 7.89. The third kappa shape index (κ3) is 2.77. The van der Waals surface area contributed by atoms with Crippen LogP contribution in [0.5, 0.6) is 0 Å². The highest BCUT2D eigenvalue weighted by Gasteiger charge is 2.41. The molecule has 0 aromatic heterocycles. The first kappa shape index (κ1) is 15.5. The summed E-state index contributed by atoms with van der Waals surface area (Å²) in [5, 5.41) is 4.03. The average molecular weight is 322 g/mol. The third-order valence-electron chi connectivity index (χ3n) is 4.46. The van der Waals surface area contributed by atoms with Crippen LogP contribution in [0, 0.1) is 12.8 Å². The van der Waals surface area contributed by atoms with Gasteiger partial charge >= 0.3 is 0 Å². The zero-order valence-electron chi connectivity index (χ0n) is 13.0. The Hall–Kier alpha value is -1.40. The lowest BCUT2D eigenvalue weighted by Crippen LogP contribution is -2.50. The van der Waals surface area contributed by atoms with E-state index in [0.29, 0.717) is 18.0 Å². The minimum Gasteiger partial charge on any atom is -0.395 e. The van der Waals surface area contributed by atoms with Gasteiger partial charge in [-0.3, -0.25) is 0 Å². The van der Waals surface area contributed by atoms with E-state index in [-0.39, 0.29) is 12.0 Å². The number of benzene rings is 1. The molecule has 5 nitrogen and oxygen atoms in total. The van der Waals surface area contributed by atoms with Gasteiger partial charge in [-0.05, 0) is 31.9 Å². The van der Waals surface area contributed by atoms with E-state index in [1.54, 1.807) is 16.4 Å². The third-order valence-corrected chi connectivity index (χ3v) is 6.37. The van der Waals surface area contributed by atoms with E-state index in [1.807, 2.05) is 19.1 Å². The van der Waals surface area contributed by atoms with Crippen molar-refractivity contribution in [3.8, 4) is 0 Å². The van der Waals surface area contributed by atoms with Gasteiger partial charge in [0.1, 0.15) is 6.61 Å². The van der Waals surface area contributed by atoms with E-state index in [0.717, 1.165) is 30.5 Å². The molecular weight excluding hydrogens is 300 g/mol. The fraction of sp³-hybridized carbons (Fsp3) is 0.562. The standard InChI is InChI=1S/C16H22N2O3S/c1-3-4-14-9-13-11-21-17-16(13)10-18(14)22(19,20)15-7-5-12(2)6-8-15/h5-8,13-14H,3-4,9-11H2,1-2H3/t13-,14+/m0/s1. The highest BCUT2D eigenvalue weighted by Crippen LogP contribution is 2.32. The van der Waals surface area contributed by atoms with Gasteiger partial charge in [0, 0.05) is 12.0 Å². The molecule has 1 fully saturated rings. The van der Waals surface area contributed by atoms with Gasteiger partial charge < -0.3 is 4.84 Å². The molecule has 1 aromatic carbocycles. The summed E-state index contributed by atoms with van der Waals surface area (Å²) in [5.41, 5.74) is 1.92. The molecular formula is C16H22N2O3S. The van der Waals surface area contributed by atoms with E-state index in [1.165, 1.54) is 0 Å². The second-order valence-electron chi connectivity index (χ2n) is 6.12. The van der Waals surface area contributed by atoms with Gasteiger partial charge in [0.25, 0.3) is 0 Å². The van der Waals surface area contributed by atoms with E-state index in [4.69, 9.17) is 4.84 Å². The Balaban J connectivity index is 1.93. The summed E-state index contributed by atoms with van der Waals surface area (Å²) < 4.78 is 27.6. The normalized spacial score (nSPS) is 25.5. The van der Waals surface area contributed by atoms with Crippen molar-refractivity contribution in [2.24, 2.45) is 11.1 Å². The molecule has 0 aliphatic carbocycles. The Morgan fingerprint density at radius 2 is 2.05 bits per heavy atom. The van der Waals surface area contributed by atoms with Crippen LogP contribution in [0.25, 0.3) is 0 Å². The summed E-state index contributed by atoms with van der Waals surface area (Å²) in [6.45, 7) is 4.98. The molecule has 2 atom stereocenters. The predicted octanol–water partition coefficient (Wildman–Crippen LogP) is 2.56. The molecule has 1 aromatic rings. The molecule has 22 heavy (non-hydrogen) atoms. The van der Waals surface area contributed by atoms with Crippen LogP contribution in [0.4, 0.5) is 0 Å². The van der Waals surface area contributed by atoms with Crippen LogP contribution >= 0.6 is 0 Å². The van der Waals surface area contributed by atoms with E-state index >= 15 is 0 Å². The van der Waals surface area contributed by atoms with Gasteiger partial charge in [0.2, 0.25) is 10.0 Å². The molecule has 3 rings (SSSR count). The molecule has 2 aliphatic rings. The SMILES string of the molecule is CCC[C@@H]1C[C@H]2CON=C2CN1S(=O)(=O)c1ccc(C)cc1. The first-order valence-electron chi connectivity index (χ1n) is 7.79. The molecule has 1 saturated heterocycles.